The number of ether oxygens (including phenoxy) is 1. The number of carbonyl (C=O) groups excluding carboxylic acids is 3. The van der Waals surface area contributed by atoms with Gasteiger partial charge in [-0.15, -0.1) is 10.2 Å². The summed E-state index contributed by atoms with van der Waals surface area (Å²) in [5.74, 6) is 0.0484. The fourth-order valence-electron chi connectivity index (χ4n) is 2.21. The van der Waals surface area contributed by atoms with E-state index >= 15 is 0 Å². The van der Waals surface area contributed by atoms with Gasteiger partial charge in [0, 0.05) is 24.2 Å². The summed E-state index contributed by atoms with van der Waals surface area (Å²) in [5.41, 5.74) is 1.20. The molecule has 0 spiro atoms. The minimum atomic E-state index is -0.365. The lowest BCUT2D eigenvalue weighted by Gasteiger charge is -2.08. The molecule has 150 valence electrons. The molecule has 1 aromatic heterocycles. The smallest absolute Gasteiger partial charge is 0.313 e. The fraction of sp³-hybridized carbons (Fsp3) is 0.421. The van der Waals surface area contributed by atoms with Crippen LogP contribution in [-0.4, -0.2) is 44.8 Å². The quantitative estimate of drug-likeness (QED) is 0.389. The van der Waals surface area contributed by atoms with Crippen molar-refractivity contribution in [3.8, 4) is 0 Å². The maximum Gasteiger partial charge on any atom is 0.313 e. The van der Waals surface area contributed by atoms with Crippen LogP contribution in [0.5, 0.6) is 0 Å². The van der Waals surface area contributed by atoms with Gasteiger partial charge in [-0.3, -0.25) is 14.4 Å². The topological polar surface area (TPSA) is 103 Å². The molecule has 1 aromatic carbocycles. The monoisotopic (exact) mass is 404 g/mol. The van der Waals surface area contributed by atoms with Crippen LogP contribution in [0, 0.1) is 5.92 Å². The van der Waals surface area contributed by atoms with Crippen molar-refractivity contribution < 1.29 is 19.1 Å². The van der Waals surface area contributed by atoms with E-state index in [2.05, 4.69) is 15.5 Å². The minimum absolute atomic E-state index is 0.0371. The summed E-state index contributed by atoms with van der Waals surface area (Å²) in [6.45, 7) is 5.68. The molecule has 2 rings (SSSR count). The first kappa shape index (κ1) is 21.6. The van der Waals surface area contributed by atoms with E-state index < -0.39 is 0 Å². The number of esters is 1. The van der Waals surface area contributed by atoms with Crippen LogP contribution in [0.3, 0.4) is 0 Å². The van der Waals surface area contributed by atoms with Crippen LogP contribution in [-0.2, 0) is 27.8 Å². The number of ketones is 1. The first-order valence-electron chi connectivity index (χ1n) is 8.92. The molecule has 28 heavy (non-hydrogen) atoms. The second-order valence-electron chi connectivity index (χ2n) is 6.37. The van der Waals surface area contributed by atoms with Crippen LogP contribution in [0.2, 0.25) is 0 Å². The molecule has 0 atom stereocenters. The first-order chi connectivity index (χ1) is 13.3. The Morgan fingerprint density at radius 3 is 2.46 bits per heavy atom. The third-order valence-electron chi connectivity index (χ3n) is 3.86. The minimum Gasteiger partial charge on any atom is -0.466 e. The van der Waals surface area contributed by atoms with E-state index in [1.807, 2.05) is 13.8 Å². The molecule has 8 nitrogen and oxygen atoms in total. The van der Waals surface area contributed by atoms with E-state index in [0.29, 0.717) is 28.8 Å². The molecular weight excluding hydrogens is 380 g/mol. The lowest BCUT2D eigenvalue weighted by molar-refractivity contribution is -0.142. The Bertz CT molecular complexity index is 846. The average molecular weight is 404 g/mol. The third kappa shape index (κ3) is 5.91. The number of thioether (sulfide) groups is 1. The van der Waals surface area contributed by atoms with Gasteiger partial charge in [-0.2, -0.15) is 0 Å². The third-order valence-corrected chi connectivity index (χ3v) is 4.88. The molecular formula is C19H24N4O4S. The number of hydrogen-bond donors (Lipinski definition) is 1. The van der Waals surface area contributed by atoms with E-state index in [4.69, 9.17) is 4.74 Å². The molecule has 0 bridgehead atoms. The van der Waals surface area contributed by atoms with Crippen molar-refractivity contribution in [3.63, 3.8) is 0 Å². The van der Waals surface area contributed by atoms with Gasteiger partial charge in [0.15, 0.2) is 10.9 Å². The summed E-state index contributed by atoms with van der Waals surface area (Å²) in [6, 6.07) is 6.78. The van der Waals surface area contributed by atoms with Crippen molar-refractivity contribution in [2.75, 3.05) is 17.7 Å². The number of nitrogens with one attached hydrogen (secondary N) is 1. The van der Waals surface area contributed by atoms with E-state index in [0.717, 1.165) is 0 Å². The van der Waals surface area contributed by atoms with Gasteiger partial charge in [0.2, 0.25) is 5.91 Å². The van der Waals surface area contributed by atoms with E-state index in [9.17, 15) is 14.4 Å². The van der Waals surface area contributed by atoms with Gasteiger partial charge < -0.3 is 14.6 Å². The maximum atomic E-state index is 12.4. The summed E-state index contributed by atoms with van der Waals surface area (Å²) in [6.07, 6.45) is 0.0371. The lowest BCUT2D eigenvalue weighted by Crippen LogP contribution is -2.17. The molecule has 1 amide bonds. The zero-order valence-electron chi connectivity index (χ0n) is 16.4. The van der Waals surface area contributed by atoms with Gasteiger partial charge in [-0.1, -0.05) is 25.6 Å². The summed E-state index contributed by atoms with van der Waals surface area (Å²) >= 11 is 1.25. The largest absolute Gasteiger partial charge is 0.466 e. The maximum absolute atomic E-state index is 12.4. The number of hydrogen-bond acceptors (Lipinski definition) is 7. The Morgan fingerprint density at radius 2 is 1.86 bits per heavy atom. The second-order valence-corrected chi connectivity index (χ2v) is 7.32. The number of aromatic nitrogens is 3. The van der Waals surface area contributed by atoms with Gasteiger partial charge in [-0.05, 0) is 31.2 Å². The Balaban J connectivity index is 1.92. The Labute approximate surface area is 168 Å². The number of nitrogens with zero attached hydrogens (tertiary/aromatic N) is 3. The molecule has 0 radical (unpaired) electrons. The SMILES string of the molecule is CCOC(=O)Cc1nnc(SCC(=O)c2ccc(NC(=O)C(C)C)cc2)n1C. The Morgan fingerprint density at radius 1 is 1.18 bits per heavy atom. The van der Waals surface area contributed by atoms with Gasteiger partial charge in [0.05, 0.1) is 12.4 Å². The highest BCUT2D eigenvalue weighted by atomic mass is 32.2. The molecule has 0 unspecified atom stereocenters. The molecule has 0 fully saturated rings. The average Bonchev–Trinajstić information content (AvgIpc) is 3.00. The second kappa shape index (κ2) is 10.0. The molecule has 0 aliphatic heterocycles. The highest BCUT2D eigenvalue weighted by molar-refractivity contribution is 7.99. The van der Waals surface area contributed by atoms with Crippen LogP contribution in [0.1, 0.15) is 37.0 Å². The predicted octanol–water partition coefficient (Wildman–Crippen LogP) is 2.49. The first-order valence-corrected chi connectivity index (χ1v) is 9.91. The Kier molecular flexibility index (Phi) is 7.74. The molecule has 0 aliphatic rings. The lowest BCUT2D eigenvalue weighted by atomic mass is 10.1. The van der Waals surface area contributed by atoms with E-state index in [-0.39, 0.29) is 35.8 Å². The summed E-state index contributed by atoms with van der Waals surface area (Å²) in [5, 5.41) is 11.3. The number of carbonyl (C=O) groups is 3. The van der Waals surface area contributed by atoms with Crippen molar-refractivity contribution in [3.05, 3.63) is 35.7 Å². The number of benzene rings is 1. The summed E-state index contributed by atoms with van der Waals surface area (Å²) in [4.78, 5) is 35.7. The van der Waals surface area contributed by atoms with Crippen LogP contribution in [0.4, 0.5) is 5.69 Å². The Hall–Kier alpha value is -2.68. The standard InChI is InChI=1S/C19H24N4O4S/c1-5-27-17(25)10-16-21-22-19(23(16)4)28-11-15(24)13-6-8-14(9-7-13)20-18(26)12(2)3/h6-9,12H,5,10-11H2,1-4H3,(H,20,26). The van der Waals surface area contributed by atoms with Crippen molar-refractivity contribution in [1.29, 1.82) is 0 Å². The van der Waals surface area contributed by atoms with Crippen LogP contribution < -0.4 is 5.32 Å². The molecule has 2 aromatic rings. The van der Waals surface area contributed by atoms with E-state index in [1.165, 1.54) is 11.8 Å². The van der Waals surface area contributed by atoms with Crippen molar-refractivity contribution in [2.45, 2.75) is 32.3 Å². The summed E-state index contributed by atoms with van der Waals surface area (Å²) < 4.78 is 6.59. The molecule has 1 heterocycles. The van der Waals surface area contributed by atoms with Crippen molar-refractivity contribution >= 4 is 35.1 Å². The highest BCUT2D eigenvalue weighted by Gasteiger charge is 2.15. The van der Waals surface area contributed by atoms with Crippen LogP contribution in [0.15, 0.2) is 29.4 Å². The van der Waals surface area contributed by atoms with Crippen LogP contribution in [0.25, 0.3) is 0 Å². The van der Waals surface area contributed by atoms with Gasteiger partial charge in [-0.25, -0.2) is 0 Å². The molecule has 0 saturated heterocycles. The van der Waals surface area contributed by atoms with Crippen molar-refractivity contribution in [2.24, 2.45) is 13.0 Å². The number of rotatable bonds is 9. The number of anilines is 1. The van der Waals surface area contributed by atoms with Gasteiger partial charge in [0.25, 0.3) is 0 Å². The molecule has 9 heteroatoms. The number of amides is 1. The zero-order valence-corrected chi connectivity index (χ0v) is 17.2. The van der Waals surface area contributed by atoms with Crippen LogP contribution >= 0.6 is 11.8 Å². The number of Topliss-reactive ketones (excluding diaryl/α,β-unsaturated/α-hetero) is 1. The summed E-state index contributed by atoms with van der Waals surface area (Å²) in [7, 11) is 1.74. The molecule has 1 N–H and O–H groups in total. The van der Waals surface area contributed by atoms with Gasteiger partial charge in [0.1, 0.15) is 12.2 Å². The van der Waals surface area contributed by atoms with Crippen molar-refractivity contribution in [1.82, 2.24) is 14.8 Å². The highest BCUT2D eigenvalue weighted by Crippen LogP contribution is 2.19. The fourth-order valence-corrected chi connectivity index (χ4v) is 3.03. The van der Waals surface area contributed by atoms with E-state index in [1.54, 1.807) is 42.8 Å². The molecule has 0 aliphatic carbocycles. The predicted molar refractivity (Wildman–Crippen MR) is 106 cm³/mol. The molecule has 0 saturated carbocycles. The zero-order chi connectivity index (χ0) is 20.7. The normalized spacial score (nSPS) is 10.8. The van der Waals surface area contributed by atoms with Gasteiger partial charge >= 0.3 is 5.97 Å².